The van der Waals surface area contributed by atoms with E-state index in [4.69, 9.17) is 0 Å². The van der Waals surface area contributed by atoms with Gasteiger partial charge < -0.3 is 5.32 Å². The number of carbonyl (C=O) groups is 2. The number of amides is 1. The van der Waals surface area contributed by atoms with Crippen LogP contribution in [-0.4, -0.2) is 18.2 Å². The van der Waals surface area contributed by atoms with Gasteiger partial charge in [0, 0.05) is 6.42 Å². The molecule has 1 N–H and O–H groups in total. The van der Waals surface area contributed by atoms with Crippen LogP contribution < -0.4 is 5.32 Å². The highest BCUT2D eigenvalue weighted by molar-refractivity contribution is 5.97. The summed E-state index contributed by atoms with van der Waals surface area (Å²) in [5.74, 6) is 0.341. The highest BCUT2D eigenvalue weighted by Crippen LogP contribution is 2.66. The maximum Gasteiger partial charge on any atom is 0.227 e. The average molecular weight is 193 g/mol. The monoisotopic (exact) mass is 193 g/mol. The van der Waals surface area contributed by atoms with E-state index in [0.29, 0.717) is 11.8 Å². The molecule has 0 aromatic rings. The van der Waals surface area contributed by atoms with E-state index in [1.165, 1.54) is 19.3 Å². The molecule has 3 fully saturated rings. The summed E-state index contributed by atoms with van der Waals surface area (Å²) in [6.07, 6.45) is 6.30. The van der Waals surface area contributed by atoms with E-state index >= 15 is 0 Å². The van der Waals surface area contributed by atoms with Crippen molar-refractivity contribution in [2.24, 2.45) is 10.8 Å². The van der Waals surface area contributed by atoms with E-state index < -0.39 is 0 Å². The third kappa shape index (κ3) is 0.928. The molecule has 2 spiro atoms. The molecule has 1 saturated heterocycles. The number of hydrogen-bond donors (Lipinski definition) is 1. The first-order chi connectivity index (χ1) is 6.64. The second kappa shape index (κ2) is 2.38. The maximum absolute atomic E-state index is 11.7. The van der Waals surface area contributed by atoms with E-state index in [9.17, 15) is 9.59 Å². The van der Waals surface area contributed by atoms with Crippen molar-refractivity contribution in [3.8, 4) is 0 Å². The zero-order chi connectivity index (χ0) is 9.81. The van der Waals surface area contributed by atoms with Gasteiger partial charge in [0.25, 0.3) is 0 Å². The van der Waals surface area contributed by atoms with Crippen LogP contribution in [0.5, 0.6) is 0 Å². The average Bonchev–Trinajstić information content (AvgIpc) is 2.02. The maximum atomic E-state index is 11.7. The molecule has 0 bridgehead atoms. The van der Waals surface area contributed by atoms with Crippen molar-refractivity contribution in [2.45, 2.75) is 38.5 Å². The summed E-state index contributed by atoms with van der Waals surface area (Å²) in [5, 5.41) is 2.72. The standard InChI is InChI=1S/C11H15NO2/c13-8-4-11(9(14)12-5-8)6-10(7-11)2-1-3-10/h1-7H2,(H,12,14). The predicted molar refractivity (Wildman–Crippen MR) is 50.6 cm³/mol. The lowest BCUT2D eigenvalue weighted by Gasteiger charge is -2.60. The zero-order valence-electron chi connectivity index (χ0n) is 8.27. The van der Waals surface area contributed by atoms with E-state index in [-0.39, 0.29) is 23.7 Å². The fourth-order valence-electron chi connectivity index (χ4n) is 3.59. The van der Waals surface area contributed by atoms with Gasteiger partial charge in [0.05, 0.1) is 12.0 Å². The summed E-state index contributed by atoms with van der Waals surface area (Å²) in [5.41, 5.74) is 0.185. The Morgan fingerprint density at radius 3 is 2.43 bits per heavy atom. The van der Waals surface area contributed by atoms with Crippen molar-refractivity contribution in [1.29, 1.82) is 0 Å². The van der Waals surface area contributed by atoms with Gasteiger partial charge in [-0.2, -0.15) is 0 Å². The minimum absolute atomic E-state index is 0.134. The molecule has 1 aliphatic heterocycles. The highest BCUT2D eigenvalue weighted by Gasteiger charge is 2.61. The molecule has 3 nitrogen and oxygen atoms in total. The van der Waals surface area contributed by atoms with Gasteiger partial charge in [-0.1, -0.05) is 6.42 Å². The second-order valence-electron chi connectivity index (χ2n) is 5.39. The van der Waals surface area contributed by atoms with E-state index in [0.717, 1.165) is 12.8 Å². The summed E-state index contributed by atoms with van der Waals surface area (Å²) in [6.45, 7) is 0.258. The quantitative estimate of drug-likeness (QED) is 0.624. The van der Waals surface area contributed by atoms with Crippen LogP contribution >= 0.6 is 0 Å². The Labute approximate surface area is 83.2 Å². The Morgan fingerprint density at radius 2 is 1.86 bits per heavy atom. The normalized spacial score (nSPS) is 32.3. The molecule has 2 saturated carbocycles. The van der Waals surface area contributed by atoms with Crippen LogP contribution in [0.25, 0.3) is 0 Å². The molecule has 3 heteroatoms. The van der Waals surface area contributed by atoms with Crippen molar-refractivity contribution in [2.75, 3.05) is 6.54 Å². The van der Waals surface area contributed by atoms with Crippen molar-refractivity contribution in [1.82, 2.24) is 5.32 Å². The van der Waals surface area contributed by atoms with Crippen LogP contribution in [0.15, 0.2) is 0 Å². The summed E-state index contributed by atoms with van der Waals surface area (Å²) in [4.78, 5) is 23.0. The number of nitrogens with one attached hydrogen (secondary N) is 1. The largest absolute Gasteiger partial charge is 0.349 e. The smallest absolute Gasteiger partial charge is 0.227 e. The lowest BCUT2D eigenvalue weighted by atomic mass is 9.43. The zero-order valence-corrected chi connectivity index (χ0v) is 8.27. The minimum atomic E-state index is -0.282. The number of piperidine rings is 1. The molecule has 1 amide bonds. The topological polar surface area (TPSA) is 46.2 Å². The molecule has 0 aromatic heterocycles. The Morgan fingerprint density at radius 1 is 1.14 bits per heavy atom. The molecule has 3 rings (SSSR count). The van der Waals surface area contributed by atoms with Gasteiger partial charge >= 0.3 is 0 Å². The Bertz CT molecular complexity index is 309. The van der Waals surface area contributed by atoms with Crippen LogP contribution in [0.2, 0.25) is 0 Å². The van der Waals surface area contributed by atoms with Crippen molar-refractivity contribution in [3.05, 3.63) is 0 Å². The van der Waals surface area contributed by atoms with Crippen LogP contribution in [0, 0.1) is 10.8 Å². The number of Topliss-reactive ketones (excluding diaryl/α,β-unsaturated/α-hetero) is 1. The number of carbonyl (C=O) groups excluding carboxylic acids is 2. The first-order valence-corrected chi connectivity index (χ1v) is 5.44. The van der Waals surface area contributed by atoms with Crippen molar-refractivity contribution in [3.63, 3.8) is 0 Å². The molecular formula is C11H15NO2. The van der Waals surface area contributed by atoms with Crippen LogP contribution in [0.1, 0.15) is 38.5 Å². The molecule has 1 heterocycles. The third-order valence-corrected chi connectivity index (χ3v) is 4.30. The molecule has 14 heavy (non-hydrogen) atoms. The number of hydrogen-bond acceptors (Lipinski definition) is 2. The van der Waals surface area contributed by atoms with Gasteiger partial charge in [0.15, 0.2) is 5.78 Å². The van der Waals surface area contributed by atoms with E-state index in [2.05, 4.69) is 5.32 Å². The molecule has 0 atom stereocenters. The first kappa shape index (κ1) is 8.45. The fourth-order valence-corrected chi connectivity index (χ4v) is 3.59. The summed E-state index contributed by atoms with van der Waals surface area (Å²) >= 11 is 0. The number of ketones is 1. The summed E-state index contributed by atoms with van der Waals surface area (Å²) in [6, 6.07) is 0. The van der Waals surface area contributed by atoms with Crippen LogP contribution in [0.3, 0.4) is 0 Å². The Kier molecular flexibility index (Phi) is 1.44. The minimum Gasteiger partial charge on any atom is -0.349 e. The second-order valence-corrected chi connectivity index (χ2v) is 5.39. The Hall–Kier alpha value is -0.860. The molecule has 0 radical (unpaired) electrons. The Balaban J connectivity index is 1.77. The highest BCUT2D eigenvalue weighted by atomic mass is 16.2. The van der Waals surface area contributed by atoms with Crippen molar-refractivity contribution >= 4 is 11.7 Å². The molecule has 0 unspecified atom stereocenters. The van der Waals surface area contributed by atoms with Crippen molar-refractivity contribution < 1.29 is 9.59 Å². The van der Waals surface area contributed by atoms with Gasteiger partial charge in [-0.15, -0.1) is 0 Å². The van der Waals surface area contributed by atoms with E-state index in [1.807, 2.05) is 0 Å². The van der Waals surface area contributed by atoms with Gasteiger partial charge in [-0.3, -0.25) is 9.59 Å². The SMILES string of the molecule is O=C1CNC(=O)C2(C1)CC1(CCC1)C2. The van der Waals surface area contributed by atoms with Crippen LogP contribution in [-0.2, 0) is 9.59 Å². The summed E-state index contributed by atoms with van der Waals surface area (Å²) < 4.78 is 0. The van der Waals surface area contributed by atoms with Crippen LogP contribution in [0.4, 0.5) is 0 Å². The lowest BCUT2D eigenvalue weighted by molar-refractivity contribution is -0.165. The fraction of sp³-hybridized carbons (Fsp3) is 0.818. The van der Waals surface area contributed by atoms with Gasteiger partial charge in [0.2, 0.25) is 5.91 Å². The lowest BCUT2D eigenvalue weighted by Crippen LogP contribution is -2.61. The van der Waals surface area contributed by atoms with E-state index in [1.54, 1.807) is 0 Å². The first-order valence-electron chi connectivity index (χ1n) is 5.44. The summed E-state index contributed by atoms with van der Waals surface area (Å²) in [7, 11) is 0. The molecule has 3 aliphatic rings. The third-order valence-electron chi connectivity index (χ3n) is 4.30. The molecule has 2 aliphatic carbocycles. The van der Waals surface area contributed by atoms with Gasteiger partial charge in [-0.25, -0.2) is 0 Å². The molecule has 0 aromatic carbocycles. The van der Waals surface area contributed by atoms with Gasteiger partial charge in [0.1, 0.15) is 0 Å². The number of rotatable bonds is 0. The molecular weight excluding hydrogens is 178 g/mol. The molecule has 76 valence electrons. The van der Waals surface area contributed by atoms with Gasteiger partial charge in [-0.05, 0) is 31.1 Å². The predicted octanol–water partition coefficient (Wildman–Crippen LogP) is 1.03.